The normalized spacial score (nSPS) is 28.5. The molecule has 0 bridgehead atoms. The van der Waals surface area contributed by atoms with Crippen LogP contribution in [0.5, 0.6) is 0 Å². The van der Waals surface area contributed by atoms with E-state index < -0.39 is 0 Å². The molecule has 0 radical (unpaired) electrons. The molecule has 3 rings (SSSR count). The lowest BCUT2D eigenvalue weighted by Gasteiger charge is -2.41. The molecule has 1 aliphatic heterocycles. The van der Waals surface area contributed by atoms with Crippen LogP contribution in [0.25, 0.3) is 0 Å². The van der Waals surface area contributed by atoms with Crippen LogP contribution in [-0.2, 0) is 6.42 Å². The molecule has 116 valence electrons. The van der Waals surface area contributed by atoms with Gasteiger partial charge in [0.1, 0.15) is 0 Å². The zero-order valence-electron chi connectivity index (χ0n) is 13.6. The minimum atomic E-state index is 0.336. The van der Waals surface area contributed by atoms with Crippen molar-refractivity contribution in [1.82, 2.24) is 4.90 Å². The topological polar surface area (TPSA) is 29.3 Å². The van der Waals surface area contributed by atoms with Crippen LogP contribution in [0.15, 0.2) is 24.3 Å². The summed E-state index contributed by atoms with van der Waals surface area (Å²) >= 11 is 0. The summed E-state index contributed by atoms with van der Waals surface area (Å²) in [6.45, 7) is 6.86. The van der Waals surface area contributed by atoms with E-state index in [2.05, 4.69) is 43.0 Å². The lowest BCUT2D eigenvalue weighted by molar-refractivity contribution is 0.116. The van der Waals surface area contributed by atoms with Crippen LogP contribution in [0, 0.1) is 5.92 Å². The Morgan fingerprint density at radius 1 is 1.14 bits per heavy atom. The number of hydrogen-bond acceptors (Lipinski definition) is 2. The second-order valence-corrected chi connectivity index (χ2v) is 7.05. The zero-order valence-corrected chi connectivity index (χ0v) is 13.6. The molecule has 1 aliphatic carbocycles. The highest BCUT2D eigenvalue weighted by molar-refractivity contribution is 5.26. The summed E-state index contributed by atoms with van der Waals surface area (Å²) < 4.78 is 0. The number of nitrogens with two attached hydrogens (primary N) is 1. The van der Waals surface area contributed by atoms with E-state index in [-0.39, 0.29) is 0 Å². The number of rotatable bonds is 5. The van der Waals surface area contributed by atoms with Gasteiger partial charge in [-0.15, -0.1) is 0 Å². The Hall–Kier alpha value is -0.860. The van der Waals surface area contributed by atoms with Crippen LogP contribution in [0.2, 0.25) is 0 Å². The van der Waals surface area contributed by atoms with E-state index in [0.717, 1.165) is 31.3 Å². The number of benzene rings is 1. The monoisotopic (exact) mass is 286 g/mol. The summed E-state index contributed by atoms with van der Waals surface area (Å²) in [5.74, 6) is 1.57. The Labute approximate surface area is 129 Å². The molecule has 1 saturated carbocycles. The molecule has 0 aromatic heterocycles. The van der Waals surface area contributed by atoms with Gasteiger partial charge in [-0.3, -0.25) is 4.90 Å². The van der Waals surface area contributed by atoms with E-state index in [1.807, 2.05) is 0 Å². The van der Waals surface area contributed by atoms with Crippen LogP contribution in [0.3, 0.4) is 0 Å². The Morgan fingerprint density at radius 3 is 2.43 bits per heavy atom. The Kier molecular flexibility index (Phi) is 4.66. The van der Waals surface area contributed by atoms with E-state index in [1.54, 1.807) is 0 Å². The molecule has 21 heavy (non-hydrogen) atoms. The van der Waals surface area contributed by atoms with Crippen molar-refractivity contribution in [3.05, 3.63) is 35.4 Å². The minimum absolute atomic E-state index is 0.336. The molecule has 1 aromatic rings. The second kappa shape index (κ2) is 6.50. The minimum Gasteiger partial charge on any atom is -0.327 e. The molecule has 1 aromatic carbocycles. The first-order valence-electron chi connectivity index (χ1n) is 8.79. The van der Waals surface area contributed by atoms with E-state index in [9.17, 15) is 0 Å². The van der Waals surface area contributed by atoms with E-state index in [0.29, 0.717) is 12.0 Å². The number of piperidine rings is 1. The molecule has 1 heterocycles. The van der Waals surface area contributed by atoms with Crippen LogP contribution in [0.1, 0.15) is 56.6 Å². The van der Waals surface area contributed by atoms with Crippen LogP contribution in [-0.4, -0.2) is 30.1 Å². The lowest BCUT2D eigenvalue weighted by atomic mass is 9.86. The first kappa shape index (κ1) is 15.1. The third kappa shape index (κ3) is 3.49. The molecule has 2 heteroatoms. The average Bonchev–Trinajstić information content (AvgIpc) is 3.32. The van der Waals surface area contributed by atoms with Crippen molar-refractivity contribution in [2.24, 2.45) is 11.7 Å². The molecular formula is C19H30N2. The Balaban J connectivity index is 1.72. The van der Waals surface area contributed by atoms with Gasteiger partial charge in [-0.25, -0.2) is 0 Å². The van der Waals surface area contributed by atoms with Crippen molar-refractivity contribution in [3.8, 4) is 0 Å². The summed E-state index contributed by atoms with van der Waals surface area (Å²) in [6.07, 6.45) is 6.40. The van der Waals surface area contributed by atoms with Gasteiger partial charge >= 0.3 is 0 Å². The fraction of sp³-hybridized carbons (Fsp3) is 0.684. The van der Waals surface area contributed by atoms with Gasteiger partial charge in [0, 0.05) is 25.2 Å². The van der Waals surface area contributed by atoms with Gasteiger partial charge in [-0.05, 0) is 55.1 Å². The Bertz CT molecular complexity index is 449. The number of aryl methyl sites for hydroxylation is 1. The molecule has 2 N–H and O–H groups in total. The maximum atomic E-state index is 6.38. The molecule has 3 unspecified atom stereocenters. The van der Waals surface area contributed by atoms with Crippen LogP contribution < -0.4 is 5.73 Å². The molecule has 1 saturated heterocycles. The summed E-state index contributed by atoms with van der Waals surface area (Å²) in [7, 11) is 0. The summed E-state index contributed by atoms with van der Waals surface area (Å²) in [6, 6.07) is 10.3. The van der Waals surface area contributed by atoms with E-state index in [1.165, 1.54) is 36.9 Å². The number of nitrogens with zero attached hydrogens (tertiary/aromatic N) is 1. The maximum Gasteiger partial charge on any atom is 0.0174 e. The van der Waals surface area contributed by atoms with Crippen molar-refractivity contribution in [2.45, 2.75) is 64.0 Å². The predicted octanol–water partition coefficient (Wildman–Crippen LogP) is 3.55. The van der Waals surface area contributed by atoms with Crippen molar-refractivity contribution >= 4 is 0 Å². The van der Waals surface area contributed by atoms with Crippen molar-refractivity contribution in [1.29, 1.82) is 0 Å². The van der Waals surface area contributed by atoms with Gasteiger partial charge in [0.15, 0.2) is 0 Å². The summed E-state index contributed by atoms with van der Waals surface area (Å²) in [5, 5.41) is 0. The van der Waals surface area contributed by atoms with Gasteiger partial charge in [0.2, 0.25) is 0 Å². The average molecular weight is 286 g/mol. The molecule has 3 atom stereocenters. The molecule has 0 amide bonds. The fourth-order valence-electron chi connectivity index (χ4n) is 4.08. The highest BCUT2D eigenvalue weighted by atomic mass is 15.2. The second-order valence-electron chi connectivity index (χ2n) is 7.05. The molecule has 2 fully saturated rings. The maximum absolute atomic E-state index is 6.38. The van der Waals surface area contributed by atoms with Gasteiger partial charge in [0.05, 0.1) is 0 Å². The SMILES string of the molecule is CCc1ccc(C2CC(N)CN(C(CC)C3CC3)C2)cc1. The summed E-state index contributed by atoms with van der Waals surface area (Å²) in [5.41, 5.74) is 9.30. The van der Waals surface area contributed by atoms with E-state index >= 15 is 0 Å². The standard InChI is InChI=1S/C19H30N2/c1-3-14-5-7-15(8-6-14)17-11-18(20)13-21(12-17)19(4-2)16-9-10-16/h5-8,16-19H,3-4,9-13,20H2,1-2H3. The molecule has 2 aliphatic rings. The lowest BCUT2D eigenvalue weighted by Crippen LogP contribution is -2.50. The predicted molar refractivity (Wildman–Crippen MR) is 89.5 cm³/mol. The van der Waals surface area contributed by atoms with Gasteiger partial charge < -0.3 is 5.73 Å². The van der Waals surface area contributed by atoms with Crippen molar-refractivity contribution in [3.63, 3.8) is 0 Å². The number of hydrogen-bond donors (Lipinski definition) is 1. The zero-order chi connectivity index (χ0) is 14.8. The largest absolute Gasteiger partial charge is 0.327 e. The first-order chi connectivity index (χ1) is 10.2. The van der Waals surface area contributed by atoms with Gasteiger partial charge in [-0.2, -0.15) is 0 Å². The summed E-state index contributed by atoms with van der Waals surface area (Å²) in [4.78, 5) is 2.70. The molecule has 0 spiro atoms. The van der Waals surface area contributed by atoms with Gasteiger partial charge in [0.25, 0.3) is 0 Å². The van der Waals surface area contributed by atoms with Crippen molar-refractivity contribution in [2.75, 3.05) is 13.1 Å². The highest BCUT2D eigenvalue weighted by Crippen LogP contribution is 2.39. The molecular weight excluding hydrogens is 256 g/mol. The quantitative estimate of drug-likeness (QED) is 0.897. The fourth-order valence-corrected chi connectivity index (χ4v) is 4.08. The van der Waals surface area contributed by atoms with Crippen LogP contribution >= 0.6 is 0 Å². The third-order valence-corrected chi connectivity index (χ3v) is 5.42. The molecule has 2 nitrogen and oxygen atoms in total. The number of likely N-dealkylation sites (tertiary alicyclic amines) is 1. The smallest absolute Gasteiger partial charge is 0.0174 e. The van der Waals surface area contributed by atoms with Gasteiger partial charge in [-0.1, -0.05) is 38.1 Å². The van der Waals surface area contributed by atoms with Crippen LogP contribution in [0.4, 0.5) is 0 Å². The Morgan fingerprint density at radius 2 is 1.86 bits per heavy atom. The van der Waals surface area contributed by atoms with E-state index in [4.69, 9.17) is 5.73 Å². The van der Waals surface area contributed by atoms with Crippen molar-refractivity contribution < 1.29 is 0 Å². The first-order valence-corrected chi connectivity index (χ1v) is 8.79. The third-order valence-electron chi connectivity index (χ3n) is 5.42. The highest BCUT2D eigenvalue weighted by Gasteiger charge is 2.37.